The number of amides is 2. The van der Waals surface area contributed by atoms with E-state index in [1.165, 1.54) is 6.42 Å². The molecule has 142 valence electrons. The van der Waals surface area contributed by atoms with Gasteiger partial charge in [0.2, 0.25) is 11.8 Å². The van der Waals surface area contributed by atoms with Crippen molar-refractivity contribution in [2.75, 3.05) is 33.3 Å². The van der Waals surface area contributed by atoms with E-state index in [9.17, 15) is 9.59 Å². The highest BCUT2D eigenvalue weighted by molar-refractivity contribution is 5.88. The lowest BCUT2D eigenvalue weighted by Gasteiger charge is -2.36. The molecule has 2 saturated heterocycles. The van der Waals surface area contributed by atoms with Crippen molar-refractivity contribution in [2.24, 2.45) is 0 Å². The number of methoxy groups -OCH3 is 1. The van der Waals surface area contributed by atoms with Crippen LogP contribution in [-0.4, -0.2) is 60.9 Å². The highest BCUT2D eigenvalue weighted by Crippen LogP contribution is 2.22. The number of piperidine rings is 1. The Labute approximate surface area is 155 Å². The van der Waals surface area contributed by atoms with Crippen molar-refractivity contribution in [3.63, 3.8) is 0 Å². The van der Waals surface area contributed by atoms with Crippen molar-refractivity contribution in [2.45, 2.75) is 45.2 Å². The summed E-state index contributed by atoms with van der Waals surface area (Å²) in [6.45, 7) is 5.71. The van der Waals surface area contributed by atoms with Crippen LogP contribution in [0.1, 0.15) is 36.8 Å². The number of ether oxygens (including phenoxy) is 1. The number of hydrogen-bond acceptors (Lipinski definition) is 4. The fourth-order valence-electron chi connectivity index (χ4n) is 3.88. The molecule has 1 aromatic rings. The molecular weight excluding hydrogens is 330 g/mol. The predicted octanol–water partition coefficient (Wildman–Crippen LogP) is 1.71. The van der Waals surface area contributed by atoms with Crippen LogP contribution in [0.4, 0.5) is 0 Å². The summed E-state index contributed by atoms with van der Waals surface area (Å²) < 4.78 is 5.32. The molecule has 0 aliphatic carbocycles. The topological polar surface area (TPSA) is 61.9 Å². The summed E-state index contributed by atoms with van der Waals surface area (Å²) in [6, 6.07) is 5.69. The number of rotatable bonds is 5. The fourth-order valence-corrected chi connectivity index (χ4v) is 3.88. The summed E-state index contributed by atoms with van der Waals surface area (Å²) in [5, 5.41) is 2.91. The molecule has 6 nitrogen and oxygen atoms in total. The lowest BCUT2D eigenvalue weighted by atomic mass is 10.0. The smallest absolute Gasteiger partial charge is 0.237 e. The van der Waals surface area contributed by atoms with Crippen molar-refractivity contribution in [3.8, 4) is 5.75 Å². The Morgan fingerprint density at radius 1 is 1.23 bits per heavy atom. The van der Waals surface area contributed by atoms with Crippen LogP contribution in [0.2, 0.25) is 0 Å². The minimum Gasteiger partial charge on any atom is -0.496 e. The van der Waals surface area contributed by atoms with E-state index in [1.807, 2.05) is 24.0 Å². The Kier molecular flexibility index (Phi) is 6.14. The number of hydrogen-bond donors (Lipinski definition) is 1. The van der Waals surface area contributed by atoms with Gasteiger partial charge in [0.05, 0.1) is 19.6 Å². The second kappa shape index (κ2) is 8.54. The van der Waals surface area contributed by atoms with Gasteiger partial charge < -0.3 is 15.0 Å². The monoisotopic (exact) mass is 359 g/mol. The van der Waals surface area contributed by atoms with Crippen molar-refractivity contribution in [1.82, 2.24) is 15.1 Å². The minimum atomic E-state index is -0.388. The second-order valence-electron chi connectivity index (χ2n) is 7.23. The molecule has 0 spiro atoms. The van der Waals surface area contributed by atoms with Crippen LogP contribution in [0, 0.1) is 6.92 Å². The molecule has 0 aromatic heterocycles. The van der Waals surface area contributed by atoms with Gasteiger partial charge in [0.1, 0.15) is 5.75 Å². The molecule has 1 N–H and O–H groups in total. The van der Waals surface area contributed by atoms with Gasteiger partial charge in [0.15, 0.2) is 0 Å². The largest absolute Gasteiger partial charge is 0.496 e. The molecule has 2 aliphatic rings. The van der Waals surface area contributed by atoms with Gasteiger partial charge >= 0.3 is 0 Å². The number of piperazine rings is 1. The molecule has 1 atom stereocenters. The Hall–Kier alpha value is -2.08. The molecule has 3 rings (SSSR count). The molecule has 0 saturated carbocycles. The third-order valence-corrected chi connectivity index (χ3v) is 5.36. The van der Waals surface area contributed by atoms with Gasteiger partial charge in [-0.3, -0.25) is 14.5 Å². The first-order chi connectivity index (χ1) is 12.6. The maximum Gasteiger partial charge on any atom is 0.237 e. The van der Waals surface area contributed by atoms with Gasteiger partial charge in [-0.1, -0.05) is 12.1 Å². The second-order valence-corrected chi connectivity index (χ2v) is 7.23. The summed E-state index contributed by atoms with van der Waals surface area (Å²) in [5.41, 5.74) is 2.21. The lowest BCUT2D eigenvalue weighted by Crippen LogP contribution is -2.56. The summed E-state index contributed by atoms with van der Waals surface area (Å²) in [4.78, 5) is 29.1. The van der Waals surface area contributed by atoms with E-state index in [0.717, 1.165) is 49.4 Å². The van der Waals surface area contributed by atoms with Crippen LogP contribution >= 0.6 is 0 Å². The van der Waals surface area contributed by atoms with Crippen LogP contribution < -0.4 is 10.1 Å². The van der Waals surface area contributed by atoms with E-state index in [1.54, 1.807) is 7.11 Å². The maximum absolute atomic E-state index is 12.7. The first-order valence-corrected chi connectivity index (χ1v) is 9.51. The van der Waals surface area contributed by atoms with E-state index >= 15 is 0 Å². The summed E-state index contributed by atoms with van der Waals surface area (Å²) in [6.07, 6.45) is 3.59. The highest BCUT2D eigenvalue weighted by Gasteiger charge is 2.33. The number of likely N-dealkylation sites (tertiary alicyclic amines) is 1. The van der Waals surface area contributed by atoms with Gasteiger partial charge in [0, 0.05) is 32.7 Å². The van der Waals surface area contributed by atoms with E-state index in [2.05, 4.69) is 16.3 Å². The van der Waals surface area contributed by atoms with Gasteiger partial charge in [-0.05, 0) is 43.4 Å². The molecule has 0 radical (unpaired) electrons. The van der Waals surface area contributed by atoms with E-state index < -0.39 is 0 Å². The molecular formula is C20H29N3O3. The predicted molar refractivity (Wildman–Crippen MR) is 100.0 cm³/mol. The van der Waals surface area contributed by atoms with Crippen LogP contribution in [0.5, 0.6) is 5.75 Å². The number of aryl methyl sites for hydroxylation is 1. The normalized spacial score (nSPS) is 21.4. The van der Waals surface area contributed by atoms with E-state index in [-0.39, 0.29) is 24.3 Å². The van der Waals surface area contributed by atoms with Crippen molar-refractivity contribution >= 4 is 11.8 Å². The molecule has 0 bridgehead atoms. The standard InChI is InChI=1S/C20H29N3O3/c1-15-12-16(6-7-18(15)26-2)14-23-11-8-21-20(25)17(23)13-19(24)22-9-4-3-5-10-22/h6-7,12,17H,3-5,8-11,13-14H2,1-2H3,(H,21,25)/t17-/m1/s1. The van der Waals surface area contributed by atoms with Gasteiger partial charge in [0.25, 0.3) is 0 Å². The van der Waals surface area contributed by atoms with Crippen LogP contribution in [0.25, 0.3) is 0 Å². The Bertz CT molecular complexity index is 656. The molecule has 2 fully saturated rings. The zero-order valence-electron chi connectivity index (χ0n) is 15.8. The molecule has 2 aliphatic heterocycles. The van der Waals surface area contributed by atoms with Crippen molar-refractivity contribution < 1.29 is 14.3 Å². The van der Waals surface area contributed by atoms with Crippen molar-refractivity contribution in [3.05, 3.63) is 29.3 Å². The number of nitrogens with zero attached hydrogens (tertiary/aromatic N) is 2. The van der Waals surface area contributed by atoms with E-state index in [0.29, 0.717) is 13.1 Å². The molecule has 2 amide bonds. The van der Waals surface area contributed by atoms with Gasteiger partial charge in [-0.15, -0.1) is 0 Å². The fraction of sp³-hybridized carbons (Fsp3) is 0.600. The minimum absolute atomic E-state index is 0.0353. The van der Waals surface area contributed by atoms with Gasteiger partial charge in [-0.25, -0.2) is 0 Å². The average Bonchev–Trinajstić information content (AvgIpc) is 2.65. The third kappa shape index (κ3) is 4.36. The SMILES string of the molecule is COc1ccc(CN2CCNC(=O)[C@H]2CC(=O)N2CCCCC2)cc1C. The summed E-state index contributed by atoms with van der Waals surface area (Å²) in [5.74, 6) is 0.927. The molecule has 6 heteroatoms. The number of nitrogens with one attached hydrogen (secondary N) is 1. The van der Waals surface area contributed by atoms with Crippen LogP contribution in [-0.2, 0) is 16.1 Å². The average molecular weight is 359 g/mol. The first-order valence-electron chi connectivity index (χ1n) is 9.51. The zero-order chi connectivity index (χ0) is 18.5. The molecule has 26 heavy (non-hydrogen) atoms. The lowest BCUT2D eigenvalue weighted by molar-refractivity contribution is -0.139. The molecule has 1 aromatic carbocycles. The molecule has 2 heterocycles. The maximum atomic E-state index is 12.7. The van der Waals surface area contributed by atoms with Crippen LogP contribution in [0.15, 0.2) is 18.2 Å². The summed E-state index contributed by atoms with van der Waals surface area (Å²) >= 11 is 0. The number of benzene rings is 1. The third-order valence-electron chi connectivity index (χ3n) is 5.36. The zero-order valence-corrected chi connectivity index (χ0v) is 15.8. The highest BCUT2D eigenvalue weighted by atomic mass is 16.5. The Morgan fingerprint density at radius 2 is 2.00 bits per heavy atom. The van der Waals surface area contributed by atoms with E-state index in [4.69, 9.17) is 4.74 Å². The Balaban J connectivity index is 1.68. The van der Waals surface area contributed by atoms with Gasteiger partial charge in [-0.2, -0.15) is 0 Å². The van der Waals surface area contributed by atoms with Crippen LogP contribution in [0.3, 0.4) is 0 Å². The quantitative estimate of drug-likeness (QED) is 0.869. The first kappa shape index (κ1) is 18.7. The number of carbonyl (C=O) groups excluding carboxylic acids is 2. The molecule has 0 unspecified atom stereocenters. The number of carbonyl (C=O) groups is 2. The Morgan fingerprint density at radius 3 is 2.69 bits per heavy atom. The summed E-state index contributed by atoms with van der Waals surface area (Å²) in [7, 11) is 1.67. The van der Waals surface area contributed by atoms with Crippen molar-refractivity contribution in [1.29, 1.82) is 0 Å².